The molecule has 4 rings (SSSR count). The summed E-state index contributed by atoms with van der Waals surface area (Å²) in [6.07, 6.45) is 1.45. The fourth-order valence-corrected chi connectivity index (χ4v) is 3.36. The molecule has 0 unspecified atom stereocenters. The predicted octanol–water partition coefficient (Wildman–Crippen LogP) is 5.73. The summed E-state index contributed by atoms with van der Waals surface area (Å²) in [6, 6.07) is 24.1. The predicted molar refractivity (Wildman–Crippen MR) is 126 cm³/mol. The Labute approximate surface area is 194 Å². The van der Waals surface area contributed by atoms with E-state index in [1.807, 2.05) is 54.6 Å². The van der Waals surface area contributed by atoms with Crippen molar-refractivity contribution in [1.82, 2.24) is 15.6 Å². The van der Waals surface area contributed by atoms with Crippen molar-refractivity contribution in [2.24, 2.45) is 5.10 Å². The van der Waals surface area contributed by atoms with Crippen LogP contribution in [0.25, 0.3) is 11.3 Å². The average Bonchev–Trinajstić information content (AvgIpc) is 3.31. The lowest BCUT2D eigenvalue weighted by atomic mass is 10.1. The molecule has 0 fully saturated rings. The molecule has 0 saturated carbocycles. The van der Waals surface area contributed by atoms with Crippen LogP contribution in [0.1, 0.15) is 21.6 Å². The monoisotopic (exact) mass is 464 g/mol. The number of hydrogen-bond donors (Lipinski definition) is 2. The number of carbonyl (C=O) groups excluding carboxylic acids is 1. The second-order valence-corrected chi connectivity index (χ2v) is 7.68. The van der Waals surface area contributed by atoms with Gasteiger partial charge in [0.25, 0.3) is 5.91 Å². The molecule has 4 aromatic rings. The topological polar surface area (TPSA) is 79.4 Å². The molecule has 0 aliphatic heterocycles. The van der Waals surface area contributed by atoms with Gasteiger partial charge in [0.1, 0.15) is 18.1 Å². The lowest BCUT2D eigenvalue weighted by Gasteiger charge is -2.07. The van der Waals surface area contributed by atoms with Crippen molar-refractivity contribution >= 4 is 35.3 Å². The first-order valence-electron chi connectivity index (χ1n) is 9.69. The largest absolute Gasteiger partial charge is 0.489 e. The molecular weight excluding hydrogens is 447 g/mol. The van der Waals surface area contributed by atoms with E-state index < -0.39 is 5.91 Å². The van der Waals surface area contributed by atoms with Crippen molar-refractivity contribution in [3.8, 4) is 17.0 Å². The molecule has 0 aliphatic rings. The smallest absolute Gasteiger partial charge is 0.289 e. The molecule has 8 heteroatoms. The number of amides is 1. The minimum absolute atomic E-state index is 0.273. The van der Waals surface area contributed by atoms with Crippen molar-refractivity contribution < 1.29 is 9.53 Å². The zero-order chi connectivity index (χ0) is 22.3. The fraction of sp³-hybridized carbons (Fsp3) is 0.0417. The summed E-state index contributed by atoms with van der Waals surface area (Å²) in [6.45, 7) is 0.466. The van der Waals surface area contributed by atoms with Crippen LogP contribution in [0.2, 0.25) is 10.0 Å². The number of ether oxygens (including phenoxy) is 1. The first-order chi connectivity index (χ1) is 15.6. The molecular formula is C24H18Cl2N4O2. The van der Waals surface area contributed by atoms with Crippen molar-refractivity contribution in [1.29, 1.82) is 0 Å². The van der Waals surface area contributed by atoms with Gasteiger partial charge < -0.3 is 4.74 Å². The summed E-state index contributed by atoms with van der Waals surface area (Å²) < 4.78 is 5.87. The Balaban J connectivity index is 1.39. The molecule has 0 radical (unpaired) electrons. The minimum Gasteiger partial charge on any atom is -0.489 e. The Kier molecular flexibility index (Phi) is 6.84. The Morgan fingerprint density at radius 2 is 1.88 bits per heavy atom. The van der Waals surface area contributed by atoms with Gasteiger partial charge in [-0.05, 0) is 35.9 Å². The number of benzene rings is 3. The van der Waals surface area contributed by atoms with Gasteiger partial charge in [0.05, 0.1) is 16.9 Å². The van der Waals surface area contributed by atoms with Gasteiger partial charge in [-0.25, -0.2) is 5.43 Å². The van der Waals surface area contributed by atoms with Gasteiger partial charge in [0.2, 0.25) is 0 Å². The summed E-state index contributed by atoms with van der Waals surface area (Å²) in [7, 11) is 0. The number of hydrazone groups is 1. The van der Waals surface area contributed by atoms with E-state index in [0.717, 1.165) is 11.1 Å². The molecule has 2 N–H and O–H groups in total. The lowest BCUT2D eigenvalue weighted by Crippen LogP contribution is -2.18. The quantitative estimate of drug-likeness (QED) is 0.270. The Hall–Kier alpha value is -3.61. The number of rotatable bonds is 7. The SMILES string of the molecule is O=C(N/N=C\c1ccc(Cl)cc1Cl)c1cc(-c2cccc(OCc3ccccc3)c2)n[nH]1. The zero-order valence-electron chi connectivity index (χ0n) is 16.8. The highest BCUT2D eigenvalue weighted by molar-refractivity contribution is 6.36. The van der Waals surface area contributed by atoms with Crippen LogP contribution < -0.4 is 10.2 Å². The van der Waals surface area contributed by atoms with Crippen molar-refractivity contribution in [3.63, 3.8) is 0 Å². The van der Waals surface area contributed by atoms with E-state index in [-0.39, 0.29) is 5.69 Å². The molecule has 0 spiro atoms. The maximum atomic E-state index is 12.4. The summed E-state index contributed by atoms with van der Waals surface area (Å²) in [5.41, 5.74) is 5.87. The number of H-pyrrole nitrogens is 1. The van der Waals surface area contributed by atoms with Crippen LogP contribution in [0.3, 0.4) is 0 Å². The molecule has 160 valence electrons. The average molecular weight is 465 g/mol. The van der Waals surface area contributed by atoms with E-state index in [1.54, 1.807) is 24.3 Å². The Morgan fingerprint density at radius 1 is 1.03 bits per heavy atom. The van der Waals surface area contributed by atoms with Gasteiger partial charge in [0, 0.05) is 16.1 Å². The molecule has 6 nitrogen and oxygen atoms in total. The molecule has 0 aliphatic carbocycles. The van der Waals surface area contributed by atoms with Crippen LogP contribution in [0, 0.1) is 0 Å². The molecule has 1 amide bonds. The highest BCUT2D eigenvalue weighted by Crippen LogP contribution is 2.24. The van der Waals surface area contributed by atoms with Gasteiger partial charge >= 0.3 is 0 Å². The first-order valence-corrected chi connectivity index (χ1v) is 10.4. The van der Waals surface area contributed by atoms with E-state index in [1.165, 1.54) is 6.21 Å². The molecule has 32 heavy (non-hydrogen) atoms. The maximum Gasteiger partial charge on any atom is 0.289 e. The van der Waals surface area contributed by atoms with Crippen LogP contribution >= 0.6 is 23.2 Å². The second kappa shape index (κ2) is 10.1. The highest BCUT2D eigenvalue weighted by atomic mass is 35.5. The number of hydrogen-bond acceptors (Lipinski definition) is 4. The summed E-state index contributed by atoms with van der Waals surface area (Å²) in [4.78, 5) is 12.4. The van der Waals surface area contributed by atoms with Crippen LogP contribution in [0.5, 0.6) is 5.75 Å². The Morgan fingerprint density at radius 3 is 2.69 bits per heavy atom. The van der Waals surface area contributed by atoms with Crippen molar-refractivity contribution in [3.05, 3.63) is 106 Å². The first kappa shape index (κ1) is 21.6. The van der Waals surface area contributed by atoms with Crippen LogP contribution in [-0.2, 0) is 6.61 Å². The van der Waals surface area contributed by atoms with Crippen LogP contribution in [0.4, 0.5) is 0 Å². The molecule has 1 aromatic heterocycles. The number of carbonyl (C=O) groups is 1. The third kappa shape index (κ3) is 5.55. The van der Waals surface area contributed by atoms with E-state index in [2.05, 4.69) is 20.7 Å². The van der Waals surface area contributed by atoms with Crippen LogP contribution in [0.15, 0.2) is 84.0 Å². The summed E-state index contributed by atoms with van der Waals surface area (Å²) >= 11 is 12.0. The van der Waals surface area contributed by atoms with Crippen molar-refractivity contribution in [2.45, 2.75) is 6.61 Å². The third-order valence-electron chi connectivity index (χ3n) is 4.53. The van der Waals surface area contributed by atoms with Crippen molar-refractivity contribution in [2.75, 3.05) is 0 Å². The molecule has 0 saturated heterocycles. The van der Waals surface area contributed by atoms with E-state index in [4.69, 9.17) is 27.9 Å². The number of nitrogens with zero attached hydrogens (tertiary/aromatic N) is 2. The summed E-state index contributed by atoms with van der Waals surface area (Å²) in [5, 5.41) is 11.9. The van der Waals surface area contributed by atoms with Crippen LogP contribution in [-0.4, -0.2) is 22.3 Å². The second-order valence-electron chi connectivity index (χ2n) is 6.83. The van der Waals surface area contributed by atoms with Gasteiger partial charge in [-0.3, -0.25) is 9.89 Å². The van der Waals surface area contributed by atoms with E-state index in [0.29, 0.717) is 33.7 Å². The number of halogens is 2. The molecule has 0 atom stereocenters. The highest BCUT2D eigenvalue weighted by Gasteiger charge is 2.11. The van der Waals surface area contributed by atoms with Gasteiger partial charge in [-0.15, -0.1) is 0 Å². The number of nitrogens with one attached hydrogen (secondary N) is 2. The number of aromatic nitrogens is 2. The number of aromatic amines is 1. The lowest BCUT2D eigenvalue weighted by molar-refractivity contribution is 0.0950. The van der Waals surface area contributed by atoms with Gasteiger partial charge in [-0.1, -0.05) is 71.7 Å². The molecule has 1 heterocycles. The minimum atomic E-state index is -0.429. The van der Waals surface area contributed by atoms with E-state index in [9.17, 15) is 4.79 Å². The fourth-order valence-electron chi connectivity index (χ4n) is 2.90. The molecule has 3 aromatic carbocycles. The van der Waals surface area contributed by atoms with E-state index >= 15 is 0 Å². The standard InChI is InChI=1S/C24H18Cl2N4O2/c25-19-10-9-18(21(26)12-19)14-27-30-24(31)23-13-22(28-29-23)17-7-4-8-20(11-17)32-15-16-5-2-1-3-6-16/h1-14H,15H2,(H,28,29)(H,30,31)/b27-14-. The summed E-state index contributed by atoms with van der Waals surface area (Å²) in [5.74, 6) is 0.284. The molecule has 0 bridgehead atoms. The van der Waals surface area contributed by atoms with Gasteiger partial charge in [-0.2, -0.15) is 10.2 Å². The van der Waals surface area contributed by atoms with Gasteiger partial charge in [0.15, 0.2) is 0 Å². The normalized spacial score (nSPS) is 10.9. The maximum absolute atomic E-state index is 12.4. The third-order valence-corrected chi connectivity index (χ3v) is 5.10. The Bertz CT molecular complexity index is 1260. The zero-order valence-corrected chi connectivity index (χ0v) is 18.3.